The van der Waals surface area contributed by atoms with E-state index in [9.17, 15) is 14.0 Å². The quantitative estimate of drug-likeness (QED) is 0.242. The molecule has 1 amide bonds. The third kappa shape index (κ3) is 10.1. The zero-order valence-electron chi connectivity index (χ0n) is 19.6. The highest BCUT2D eigenvalue weighted by atomic mass is 35.5. The molecule has 2 aromatic rings. The third-order valence-electron chi connectivity index (χ3n) is 5.12. The van der Waals surface area contributed by atoms with Gasteiger partial charge in [-0.3, -0.25) is 4.79 Å². The van der Waals surface area contributed by atoms with Gasteiger partial charge in [-0.25, -0.2) is 9.18 Å². The van der Waals surface area contributed by atoms with Crippen molar-refractivity contribution in [2.75, 3.05) is 30.5 Å². The molecule has 2 rings (SSSR count). The number of nitrogens with one attached hydrogen (secondary N) is 1. The van der Waals surface area contributed by atoms with Gasteiger partial charge in [0.2, 0.25) is 5.91 Å². The van der Waals surface area contributed by atoms with Crippen molar-refractivity contribution in [3.05, 3.63) is 65.5 Å². The SMILES string of the molecule is [B]C([B])(Cl)CN(CCCl)c1ccc(CC(N)C(=O)NC(Cc2ccc(F)cc2)C(=O)OCC)cc1. The highest BCUT2D eigenvalue weighted by molar-refractivity contribution is 6.62. The summed E-state index contributed by atoms with van der Waals surface area (Å²) in [7, 11) is 11.4. The largest absolute Gasteiger partial charge is 0.464 e. The number of amides is 1. The average molecular weight is 518 g/mol. The van der Waals surface area contributed by atoms with Gasteiger partial charge in [-0.15, -0.1) is 23.2 Å². The van der Waals surface area contributed by atoms with Gasteiger partial charge in [0.25, 0.3) is 0 Å². The molecule has 6 nitrogen and oxygen atoms in total. The molecule has 0 aromatic heterocycles. The van der Waals surface area contributed by atoms with Crippen LogP contribution >= 0.6 is 23.2 Å². The first-order valence-corrected chi connectivity index (χ1v) is 12.1. The third-order valence-corrected chi connectivity index (χ3v) is 5.41. The number of halogens is 3. The Labute approximate surface area is 218 Å². The second kappa shape index (κ2) is 13.8. The predicted octanol–water partition coefficient (Wildman–Crippen LogP) is 2.26. The number of nitrogens with zero attached hydrogens (tertiary/aromatic N) is 1. The summed E-state index contributed by atoms with van der Waals surface area (Å²) in [6, 6.07) is 11.1. The molecule has 35 heavy (non-hydrogen) atoms. The lowest BCUT2D eigenvalue weighted by molar-refractivity contribution is -0.147. The molecular formula is C24H28B2Cl2FN3O3. The molecule has 0 bridgehead atoms. The summed E-state index contributed by atoms with van der Waals surface area (Å²) in [4.78, 5) is 27.0. The van der Waals surface area contributed by atoms with Crippen LogP contribution in [0.15, 0.2) is 48.5 Å². The molecule has 184 valence electrons. The van der Waals surface area contributed by atoms with Crippen LogP contribution in [0.5, 0.6) is 0 Å². The Morgan fingerprint density at radius 3 is 2.23 bits per heavy atom. The molecule has 0 fully saturated rings. The number of benzene rings is 2. The van der Waals surface area contributed by atoms with Crippen molar-refractivity contribution in [2.24, 2.45) is 5.73 Å². The second-order valence-corrected chi connectivity index (χ2v) is 9.24. The summed E-state index contributed by atoms with van der Waals surface area (Å²) in [5.41, 5.74) is 8.42. The lowest BCUT2D eigenvalue weighted by Gasteiger charge is -2.30. The molecule has 0 aliphatic carbocycles. The van der Waals surface area contributed by atoms with Gasteiger partial charge in [0.15, 0.2) is 0 Å². The monoisotopic (exact) mass is 517 g/mol. The van der Waals surface area contributed by atoms with Gasteiger partial charge in [-0.1, -0.05) is 24.3 Å². The number of anilines is 1. The fraction of sp³-hybridized carbons (Fsp3) is 0.417. The fourth-order valence-electron chi connectivity index (χ4n) is 3.45. The van der Waals surface area contributed by atoms with E-state index < -0.39 is 34.5 Å². The van der Waals surface area contributed by atoms with E-state index in [0.29, 0.717) is 18.0 Å². The molecule has 4 radical (unpaired) electrons. The van der Waals surface area contributed by atoms with Crippen LogP contribution < -0.4 is 16.0 Å². The minimum Gasteiger partial charge on any atom is -0.464 e. The molecule has 0 saturated heterocycles. The van der Waals surface area contributed by atoms with E-state index in [2.05, 4.69) is 5.32 Å². The van der Waals surface area contributed by atoms with Gasteiger partial charge in [0, 0.05) is 31.1 Å². The Morgan fingerprint density at radius 1 is 1.11 bits per heavy atom. The van der Waals surface area contributed by atoms with Gasteiger partial charge in [-0.05, 0) is 53.4 Å². The number of ether oxygens (including phenoxy) is 1. The van der Waals surface area contributed by atoms with Crippen LogP contribution in [-0.2, 0) is 27.2 Å². The van der Waals surface area contributed by atoms with E-state index in [0.717, 1.165) is 11.3 Å². The number of hydrogen-bond acceptors (Lipinski definition) is 5. The predicted molar refractivity (Wildman–Crippen MR) is 140 cm³/mol. The molecule has 0 aliphatic heterocycles. The molecule has 11 heteroatoms. The molecule has 2 unspecified atom stereocenters. The Morgan fingerprint density at radius 2 is 1.69 bits per heavy atom. The number of hydrogen-bond donors (Lipinski definition) is 2. The molecular weight excluding hydrogens is 490 g/mol. The summed E-state index contributed by atoms with van der Waals surface area (Å²) in [6.45, 7) is 2.51. The highest BCUT2D eigenvalue weighted by Gasteiger charge is 2.25. The van der Waals surface area contributed by atoms with E-state index in [1.165, 1.54) is 12.1 Å². The lowest BCUT2D eigenvalue weighted by atomic mass is 9.69. The topological polar surface area (TPSA) is 84.7 Å². The highest BCUT2D eigenvalue weighted by Crippen LogP contribution is 2.19. The minimum absolute atomic E-state index is 0.146. The van der Waals surface area contributed by atoms with Crippen molar-refractivity contribution in [3.63, 3.8) is 0 Å². The molecule has 2 atom stereocenters. The number of alkyl halides is 2. The Balaban J connectivity index is 2.04. The van der Waals surface area contributed by atoms with Crippen molar-refractivity contribution in [1.29, 1.82) is 0 Å². The Kier molecular flexibility index (Phi) is 11.4. The molecule has 2 aromatic carbocycles. The first-order chi connectivity index (χ1) is 16.5. The van der Waals surface area contributed by atoms with E-state index in [1.54, 1.807) is 19.1 Å². The van der Waals surface area contributed by atoms with E-state index in [-0.39, 0.29) is 26.0 Å². The summed E-state index contributed by atoms with van der Waals surface area (Å²) < 4.78 is 16.9. The normalized spacial score (nSPS) is 13.1. The molecule has 0 spiro atoms. The fourth-order valence-corrected chi connectivity index (χ4v) is 3.80. The standard InChI is InChI=1S/C24H28B2Cl2FN3O3/c1-2-35-23(34)21(14-17-3-7-18(29)8-4-17)31-22(33)20(30)13-16-5-9-19(10-6-16)32(12-11-27)15-24(25,26)28/h3-10,20-21H,2,11-15,30H2,1H3,(H,31,33). The first-order valence-electron chi connectivity index (χ1n) is 11.2. The lowest BCUT2D eigenvalue weighted by Crippen LogP contribution is -2.50. The summed E-state index contributed by atoms with van der Waals surface area (Å²) >= 11 is 11.8. The van der Waals surface area contributed by atoms with Crippen LogP contribution in [0.2, 0.25) is 0 Å². The van der Waals surface area contributed by atoms with Crippen LogP contribution in [0.25, 0.3) is 0 Å². The number of esters is 1. The first kappa shape index (κ1) is 29.0. The average Bonchev–Trinajstić information content (AvgIpc) is 2.79. The van der Waals surface area contributed by atoms with Crippen LogP contribution in [0.1, 0.15) is 18.1 Å². The maximum absolute atomic E-state index is 13.2. The number of nitrogens with two attached hydrogens (primary N) is 1. The Hall–Kier alpha value is -2.22. The maximum atomic E-state index is 13.2. The molecule has 3 N–H and O–H groups in total. The van der Waals surface area contributed by atoms with Gasteiger partial charge >= 0.3 is 5.97 Å². The van der Waals surface area contributed by atoms with Crippen LogP contribution in [-0.4, -0.2) is 69.9 Å². The summed E-state index contributed by atoms with van der Waals surface area (Å²) in [6.07, 6.45) is 0.383. The van der Waals surface area contributed by atoms with Gasteiger partial charge in [-0.2, -0.15) is 0 Å². The summed E-state index contributed by atoms with van der Waals surface area (Å²) in [5.74, 6) is -1.12. The van der Waals surface area contributed by atoms with Gasteiger partial charge in [0.1, 0.15) is 11.9 Å². The maximum Gasteiger partial charge on any atom is 0.328 e. The smallest absolute Gasteiger partial charge is 0.328 e. The van der Waals surface area contributed by atoms with Crippen molar-refractivity contribution < 1.29 is 18.7 Å². The second-order valence-electron chi connectivity index (χ2n) is 8.16. The molecule has 0 aliphatic rings. The van der Waals surface area contributed by atoms with Gasteiger partial charge < -0.3 is 20.7 Å². The van der Waals surface area contributed by atoms with Crippen molar-refractivity contribution >= 4 is 56.5 Å². The number of rotatable bonds is 13. The van der Waals surface area contributed by atoms with Crippen LogP contribution in [0, 0.1) is 5.82 Å². The van der Waals surface area contributed by atoms with Crippen LogP contribution in [0.3, 0.4) is 0 Å². The van der Waals surface area contributed by atoms with E-state index in [4.69, 9.17) is 49.4 Å². The molecule has 0 saturated carbocycles. The molecule has 0 heterocycles. The zero-order valence-corrected chi connectivity index (χ0v) is 21.1. The van der Waals surface area contributed by atoms with Crippen molar-refractivity contribution in [2.45, 2.75) is 36.5 Å². The van der Waals surface area contributed by atoms with Crippen molar-refractivity contribution in [3.8, 4) is 0 Å². The minimum atomic E-state index is -1.41. The number of carbonyl (C=O) groups excluding carboxylic acids is 2. The van der Waals surface area contributed by atoms with Crippen LogP contribution in [0.4, 0.5) is 10.1 Å². The van der Waals surface area contributed by atoms with Crippen molar-refractivity contribution in [1.82, 2.24) is 5.32 Å². The summed E-state index contributed by atoms with van der Waals surface area (Å²) in [5, 5.41) is 2.66. The Bertz CT molecular complexity index is 960. The van der Waals surface area contributed by atoms with E-state index >= 15 is 0 Å². The number of carbonyl (C=O) groups is 2. The zero-order chi connectivity index (χ0) is 26.0. The van der Waals surface area contributed by atoms with E-state index in [1.807, 2.05) is 29.2 Å². The van der Waals surface area contributed by atoms with Gasteiger partial charge in [0.05, 0.1) is 28.3 Å².